The standard InChI is InChI=1S/C23H25FN4O2.HI/c1-4-17-6-5-7-20(12-17)27-22(29)13-26-23(25-3)28-14-16(2)30-21(15-28)18-8-10-19(24)11-9-18;/h1,5-12,16,21H,13-15H2,2-3H3,(H,25,26)(H,27,29);1H. The van der Waals surface area contributed by atoms with Gasteiger partial charge in [0, 0.05) is 24.8 Å². The third-order valence-corrected chi connectivity index (χ3v) is 4.73. The highest BCUT2D eigenvalue weighted by atomic mass is 127. The second-order valence-electron chi connectivity index (χ2n) is 7.07. The van der Waals surface area contributed by atoms with Crippen molar-refractivity contribution in [3.05, 3.63) is 65.5 Å². The van der Waals surface area contributed by atoms with Gasteiger partial charge in [0.2, 0.25) is 5.91 Å². The number of ether oxygens (including phenoxy) is 1. The van der Waals surface area contributed by atoms with E-state index in [1.165, 1.54) is 12.1 Å². The van der Waals surface area contributed by atoms with Crippen LogP contribution >= 0.6 is 24.0 Å². The SMILES string of the molecule is C#Cc1cccc(NC(=O)CNC(=NC)N2CC(C)OC(c3ccc(F)cc3)C2)c1.I. The van der Waals surface area contributed by atoms with Crippen molar-refractivity contribution in [2.24, 2.45) is 4.99 Å². The molecule has 6 nitrogen and oxygen atoms in total. The zero-order chi connectivity index (χ0) is 21.5. The number of nitrogens with one attached hydrogen (secondary N) is 2. The van der Waals surface area contributed by atoms with Crippen LogP contribution < -0.4 is 10.6 Å². The molecule has 0 aromatic heterocycles. The van der Waals surface area contributed by atoms with E-state index in [9.17, 15) is 9.18 Å². The molecule has 2 aromatic carbocycles. The van der Waals surface area contributed by atoms with Gasteiger partial charge in [0.25, 0.3) is 0 Å². The Morgan fingerprint density at radius 1 is 1.29 bits per heavy atom. The maximum atomic E-state index is 13.2. The predicted octanol–water partition coefficient (Wildman–Crippen LogP) is 3.40. The second-order valence-corrected chi connectivity index (χ2v) is 7.07. The highest BCUT2D eigenvalue weighted by Crippen LogP contribution is 2.25. The summed E-state index contributed by atoms with van der Waals surface area (Å²) in [6.45, 7) is 3.20. The number of carbonyl (C=O) groups is 1. The van der Waals surface area contributed by atoms with Crippen molar-refractivity contribution in [2.45, 2.75) is 19.1 Å². The number of benzene rings is 2. The van der Waals surface area contributed by atoms with Gasteiger partial charge in [-0.15, -0.1) is 30.4 Å². The van der Waals surface area contributed by atoms with E-state index >= 15 is 0 Å². The summed E-state index contributed by atoms with van der Waals surface area (Å²) in [6, 6.07) is 13.4. The summed E-state index contributed by atoms with van der Waals surface area (Å²) in [5.74, 6) is 2.66. The molecular weight excluding hydrogens is 510 g/mol. The van der Waals surface area contributed by atoms with E-state index in [0.29, 0.717) is 30.3 Å². The van der Waals surface area contributed by atoms with Crippen LogP contribution in [0.4, 0.5) is 10.1 Å². The van der Waals surface area contributed by atoms with E-state index in [0.717, 1.165) is 5.56 Å². The highest BCUT2D eigenvalue weighted by Gasteiger charge is 2.28. The first-order chi connectivity index (χ1) is 14.5. The van der Waals surface area contributed by atoms with Crippen LogP contribution in [0, 0.1) is 18.2 Å². The molecule has 1 fully saturated rings. The van der Waals surface area contributed by atoms with Gasteiger partial charge in [-0.2, -0.15) is 0 Å². The van der Waals surface area contributed by atoms with E-state index in [1.807, 2.05) is 11.8 Å². The molecule has 2 aromatic rings. The largest absolute Gasteiger partial charge is 0.367 e. The van der Waals surface area contributed by atoms with Crippen LogP contribution in [-0.2, 0) is 9.53 Å². The third-order valence-electron chi connectivity index (χ3n) is 4.73. The van der Waals surface area contributed by atoms with E-state index in [2.05, 4.69) is 21.5 Å². The summed E-state index contributed by atoms with van der Waals surface area (Å²) in [5.41, 5.74) is 2.24. The van der Waals surface area contributed by atoms with Gasteiger partial charge < -0.3 is 20.3 Å². The van der Waals surface area contributed by atoms with Gasteiger partial charge in [-0.05, 0) is 42.8 Å². The molecule has 1 amide bonds. The molecule has 0 radical (unpaired) electrons. The lowest BCUT2D eigenvalue weighted by molar-refractivity contribution is -0.115. The van der Waals surface area contributed by atoms with E-state index < -0.39 is 0 Å². The Bertz CT molecular complexity index is 959. The third kappa shape index (κ3) is 6.94. The molecule has 164 valence electrons. The van der Waals surface area contributed by atoms with Gasteiger partial charge in [0.05, 0.1) is 19.2 Å². The summed E-state index contributed by atoms with van der Waals surface area (Å²) in [5, 5.41) is 5.91. The molecule has 1 aliphatic rings. The number of aliphatic imine (C=N–C) groups is 1. The monoisotopic (exact) mass is 536 g/mol. The first-order valence-corrected chi connectivity index (χ1v) is 9.71. The van der Waals surface area contributed by atoms with Gasteiger partial charge in [-0.3, -0.25) is 9.79 Å². The summed E-state index contributed by atoms with van der Waals surface area (Å²) in [4.78, 5) is 18.7. The molecule has 1 aliphatic heterocycles. The topological polar surface area (TPSA) is 66.0 Å². The average molecular weight is 536 g/mol. The van der Waals surface area contributed by atoms with Crippen LogP contribution in [-0.4, -0.2) is 49.6 Å². The van der Waals surface area contributed by atoms with E-state index in [-0.39, 0.29) is 54.5 Å². The van der Waals surface area contributed by atoms with Gasteiger partial charge in [-0.25, -0.2) is 4.39 Å². The Labute approximate surface area is 199 Å². The number of terminal acetylenes is 1. The van der Waals surface area contributed by atoms with Gasteiger partial charge >= 0.3 is 0 Å². The predicted molar refractivity (Wildman–Crippen MR) is 131 cm³/mol. The number of amides is 1. The van der Waals surface area contributed by atoms with Crippen molar-refractivity contribution in [2.75, 3.05) is 32.0 Å². The van der Waals surface area contributed by atoms with E-state index in [1.54, 1.807) is 43.4 Å². The Hall–Kier alpha value is -2.64. The van der Waals surface area contributed by atoms with Gasteiger partial charge in [0.15, 0.2) is 5.96 Å². The minimum Gasteiger partial charge on any atom is -0.367 e. The maximum absolute atomic E-state index is 13.2. The van der Waals surface area contributed by atoms with Gasteiger partial charge in [0.1, 0.15) is 11.9 Å². The van der Waals surface area contributed by atoms with Crippen LogP contribution in [0.5, 0.6) is 0 Å². The van der Waals surface area contributed by atoms with Crippen molar-refractivity contribution in [1.29, 1.82) is 0 Å². The lowest BCUT2D eigenvalue weighted by atomic mass is 10.1. The lowest BCUT2D eigenvalue weighted by Gasteiger charge is -2.38. The molecule has 2 N–H and O–H groups in total. The Kier molecular flexibility index (Phi) is 9.27. The molecule has 1 saturated heterocycles. The number of guanidine groups is 1. The Balaban J connectivity index is 0.00000341. The van der Waals surface area contributed by atoms with Crippen LogP contribution in [0.2, 0.25) is 0 Å². The zero-order valence-corrected chi connectivity index (χ0v) is 19.8. The van der Waals surface area contributed by atoms with Crippen molar-refractivity contribution >= 4 is 41.5 Å². The zero-order valence-electron chi connectivity index (χ0n) is 17.5. The molecule has 0 aliphatic carbocycles. The summed E-state index contributed by atoms with van der Waals surface area (Å²) < 4.78 is 19.3. The first-order valence-electron chi connectivity index (χ1n) is 9.71. The second kappa shape index (κ2) is 11.7. The van der Waals surface area contributed by atoms with Crippen LogP contribution in [0.1, 0.15) is 24.2 Å². The molecule has 2 atom stereocenters. The van der Waals surface area contributed by atoms with Crippen molar-refractivity contribution < 1.29 is 13.9 Å². The number of morpholine rings is 1. The van der Waals surface area contributed by atoms with Gasteiger partial charge in [-0.1, -0.05) is 24.1 Å². The molecule has 0 spiro atoms. The first kappa shape index (κ1) is 24.6. The van der Waals surface area contributed by atoms with E-state index in [4.69, 9.17) is 11.2 Å². The smallest absolute Gasteiger partial charge is 0.243 e. The number of hydrogen-bond donors (Lipinski definition) is 2. The number of hydrogen-bond acceptors (Lipinski definition) is 3. The number of rotatable bonds is 4. The fraction of sp³-hybridized carbons (Fsp3) is 0.304. The summed E-state index contributed by atoms with van der Waals surface area (Å²) >= 11 is 0. The molecule has 2 unspecified atom stereocenters. The number of anilines is 1. The quantitative estimate of drug-likeness (QED) is 0.272. The Morgan fingerprint density at radius 2 is 2.03 bits per heavy atom. The minimum atomic E-state index is -0.282. The van der Waals surface area contributed by atoms with Crippen molar-refractivity contribution in [3.8, 4) is 12.3 Å². The minimum absolute atomic E-state index is 0. The molecule has 0 saturated carbocycles. The van der Waals surface area contributed by atoms with Crippen molar-refractivity contribution in [1.82, 2.24) is 10.2 Å². The fourth-order valence-electron chi connectivity index (χ4n) is 3.37. The molecule has 1 heterocycles. The number of nitrogens with zero attached hydrogens (tertiary/aromatic N) is 2. The fourth-order valence-corrected chi connectivity index (χ4v) is 3.37. The van der Waals surface area contributed by atoms with Crippen LogP contribution in [0.25, 0.3) is 0 Å². The molecule has 0 bridgehead atoms. The van der Waals surface area contributed by atoms with Crippen LogP contribution in [0.3, 0.4) is 0 Å². The van der Waals surface area contributed by atoms with Crippen LogP contribution in [0.15, 0.2) is 53.5 Å². The summed E-state index contributed by atoms with van der Waals surface area (Å²) in [7, 11) is 1.67. The molecular formula is C23H26FIN4O2. The number of carbonyl (C=O) groups excluding carboxylic acids is 1. The Morgan fingerprint density at radius 3 is 2.71 bits per heavy atom. The summed E-state index contributed by atoms with van der Waals surface area (Å²) in [6.07, 6.45) is 5.13. The maximum Gasteiger partial charge on any atom is 0.243 e. The molecule has 3 rings (SSSR count). The normalized spacial score (nSPS) is 18.5. The van der Waals surface area contributed by atoms with Crippen molar-refractivity contribution in [3.63, 3.8) is 0 Å². The lowest BCUT2D eigenvalue weighted by Crippen LogP contribution is -2.51. The molecule has 8 heteroatoms. The number of halogens is 2. The highest BCUT2D eigenvalue weighted by molar-refractivity contribution is 14.0. The molecule has 31 heavy (non-hydrogen) atoms. The average Bonchev–Trinajstić information content (AvgIpc) is 2.74.